The molecule has 1 saturated heterocycles. The summed E-state index contributed by atoms with van der Waals surface area (Å²) in [4.78, 5) is 0. The topological polar surface area (TPSA) is 18.5 Å². The summed E-state index contributed by atoms with van der Waals surface area (Å²) in [7, 11) is 0. The number of unbranched alkanes of at least 4 members (excludes halogenated alkanes) is 3. The number of hydrogen-bond donors (Lipinski definition) is 0. The van der Waals surface area contributed by atoms with Crippen molar-refractivity contribution in [2.24, 2.45) is 0 Å². The molecule has 0 saturated carbocycles. The molecule has 0 spiro atoms. The van der Waals surface area contributed by atoms with E-state index in [-0.39, 0.29) is 5.79 Å². The number of rotatable bonds is 5. The molecule has 0 unspecified atom stereocenters. The van der Waals surface area contributed by atoms with Gasteiger partial charge >= 0.3 is 0 Å². The summed E-state index contributed by atoms with van der Waals surface area (Å²) in [5.41, 5.74) is 0. The van der Waals surface area contributed by atoms with Crippen molar-refractivity contribution in [3.8, 4) is 0 Å². The quantitative estimate of drug-likeness (QED) is 0.614. The van der Waals surface area contributed by atoms with Crippen LogP contribution in [0.1, 0.15) is 52.9 Å². The van der Waals surface area contributed by atoms with Gasteiger partial charge < -0.3 is 9.47 Å². The minimum atomic E-state index is -0.338. The lowest BCUT2D eigenvalue weighted by molar-refractivity contribution is -0.139. The monoisotopic (exact) mass is 186 g/mol. The van der Waals surface area contributed by atoms with Crippen LogP contribution in [0.15, 0.2) is 0 Å². The average molecular weight is 186 g/mol. The lowest BCUT2D eigenvalue weighted by Gasteiger charge is -2.16. The first-order valence-electron chi connectivity index (χ1n) is 5.46. The maximum atomic E-state index is 5.71. The zero-order valence-corrected chi connectivity index (χ0v) is 9.14. The van der Waals surface area contributed by atoms with Crippen molar-refractivity contribution in [1.82, 2.24) is 0 Å². The molecule has 0 aromatic carbocycles. The van der Waals surface area contributed by atoms with Crippen LogP contribution in [0.3, 0.4) is 0 Å². The predicted molar refractivity (Wildman–Crippen MR) is 53.7 cm³/mol. The van der Waals surface area contributed by atoms with E-state index in [0.29, 0.717) is 6.10 Å². The largest absolute Gasteiger partial charge is 0.348 e. The second-order valence-corrected chi connectivity index (χ2v) is 4.30. The molecule has 2 heteroatoms. The van der Waals surface area contributed by atoms with E-state index >= 15 is 0 Å². The summed E-state index contributed by atoms with van der Waals surface area (Å²) >= 11 is 0. The molecule has 1 heterocycles. The molecular weight excluding hydrogens is 164 g/mol. The molecule has 0 amide bonds. The first-order valence-corrected chi connectivity index (χ1v) is 5.46. The SMILES string of the molecule is CCCCCC[C@H]1COC(C)(C)O1. The van der Waals surface area contributed by atoms with Gasteiger partial charge in [-0.2, -0.15) is 0 Å². The maximum Gasteiger partial charge on any atom is 0.163 e. The van der Waals surface area contributed by atoms with Crippen LogP contribution >= 0.6 is 0 Å². The fourth-order valence-electron chi connectivity index (χ4n) is 1.70. The lowest BCUT2D eigenvalue weighted by Crippen LogP contribution is -2.21. The molecule has 0 radical (unpaired) electrons. The Morgan fingerprint density at radius 3 is 2.54 bits per heavy atom. The molecule has 1 aliphatic heterocycles. The van der Waals surface area contributed by atoms with Gasteiger partial charge in [-0.15, -0.1) is 0 Å². The first-order chi connectivity index (χ1) is 6.14. The highest BCUT2D eigenvalue weighted by Crippen LogP contribution is 2.25. The van der Waals surface area contributed by atoms with E-state index < -0.39 is 0 Å². The number of ether oxygens (including phenoxy) is 2. The van der Waals surface area contributed by atoms with Crippen LogP contribution in [0, 0.1) is 0 Å². The van der Waals surface area contributed by atoms with Gasteiger partial charge in [0.1, 0.15) is 0 Å². The van der Waals surface area contributed by atoms with Gasteiger partial charge in [-0.25, -0.2) is 0 Å². The molecule has 0 aromatic rings. The molecule has 0 aromatic heterocycles. The van der Waals surface area contributed by atoms with E-state index in [0.717, 1.165) is 13.0 Å². The van der Waals surface area contributed by atoms with Gasteiger partial charge in [0.25, 0.3) is 0 Å². The van der Waals surface area contributed by atoms with E-state index in [1.54, 1.807) is 0 Å². The van der Waals surface area contributed by atoms with Gasteiger partial charge in [0.2, 0.25) is 0 Å². The maximum absolute atomic E-state index is 5.71. The normalized spacial score (nSPS) is 26.5. The summed E-state index contributed by atoms with van der Waals surface area (Å²) in [6.07, 6.45) is 6.75. The van der Waals surface area contributed by atoms with Crippen molar-refractivity contribution in [3.63, 3.8) is 0 Å². The van der Waals surface area contributed by atoms with Crippen molar-refractivity contribution in [2.75, 3.05) is 6.61 Å². The molecule has 0 bridgehead atoms. The van der Waals surface area contributed by atoms with Crippen molar-refractivity contribution in [1.29, 1.82) is 0 Å². The first kappa shape index (κ1) is 11.0. The highest BCUT2D eigenvalue weighted by Gasteiger charge is 2.31. The molecule has 78 valence electrons. The third kappa shape index (κ3) is 4.10. The van der Waals surface area contributed by atoms with Crippen LogP contribution in [-0.2, 0) is 9.47 Å². The van der Waals surface area contributed by atoms with Gasteiger partial charge in [0.15, 0.2) is 5.79 Å². The highest BCUT2D eigenvalue weighted by molar-refractivity contribution is 4.70. The Labute approximate surface area is 81.6 Å². The zero-order valence-electron chi connectivity index (χ0n) is 9.14. The minimum Gasteiger partial charge on any atom is -0.348 e. The summed E-state index contributed by atoms with van der Waals surface area (Å²) < 4.78 is 11.2. The van der Waals surface area contributed by atoms with Crippen LogP contribution in [0.25, 0.3) is 0 Å². The van der Waals surface area contributed by atoms with Gasteiger partial charge in [0.05, 0.1) is 12.7 Å². The zero-order chi connectivity index (χ0) is 9.73. The third-order valence-electron chi connectivity index (χ3n) is 2.45. The van der Waals surface area contributed by atoms with E-state index in [4.69, 9.17) is 9.47 Å². The van der Waals surface area contributed by atoms with Crippen LogP contribution in [0.2, 0.25) is 0 Å². The van der Waals surface area contributed by atoms with Gasteiger partial charge in [0, 0.05) is 0 Å². The van der Waals surface area contributed by atoms with Crippen LogP contribution < -0.4 is 0 Å². The summed E-state index contributed by atoms with van der Waals surface area (Å²) in [5, 5.41) is 0. The Morgan fingerprint density at radius 1 is 1.23 bits per heavy atom. The molecule has 1 fully saturated rings. The molecular formula is C11H22O2. The Bertz CT molecular complexity index is 143. The highest BCUT2D eigenvalue weighted by atomic mass is 16.7. The van der Waals surface area contributed by atoms with Gasteiger partial charge in [-0.3, -0.25) is 0 Å². The second-order valence-electron chi connectivity index (χ2n) is 4.30. The van der Waals surface area contributed by atoms with Crippen molar-refractivity contribution in [3.05, 3.63) is 0 Å². The van der Waals surface area contributed by atoms with Gasteiger partial charge in [-0.1, -0.05) is 32.6 Å². The Kier molecular flexibility index (Phi) is 4.20. The van der Waals surface area contributed by atoms with Crippen LogP contribution in [0.5, 0.6) is 0 Å². The summed E-state index contributed by atoms with van der Waals surface area (Å²) in [5.74, 6) is -0.338. The number of hydrogen-bond acceptors (Lipinski definition) is 2. The fourth-order valence-corrected chi connectivity index (χ4v) is 1.70. The van der Waals surface area contributed by atoms with E-state index in [1.807, 2.05) is 13.8 Å². The molecule has 2 nitrogen and oxygen atoms in total. The van der Waals surface area contributed by atoms with E-state index in [2.05, 4.69) is 6.92 Å². The standard InChI is InChI=1S/C11H22O2/c1-4-5-6-7-8-10-9-12-11(2,3)13-10/h10H,4-9H2,1-3H3/t10-/m0/s1. The van der Waals surface area contributed by atoms with Crippen molar-refractivity contribution < 1.29 is 9.47 Å². The predicted octanol–water partition coefficient (Wildman–Crippen LogP) is 3.11. The molecule has 13 heavy (non-hydrogen) atoms. The molecule has 0 aliphatic carbocycles. The Morgan fingerprint density at radius 2 is 2.00 bits per heavy atom. The molecule has 0 N–H and O–H groups in total. The lowest BCUT2D eigenvalue weighted by atomic mass is 10.1. The van der Waals surface area contributed by atoms with Crippen molar-refractivity contribution >= 4 is 0 Å². The minimum absolute atomic E-state index is 0.338. The van der Waals surface area contributed by atoms with Crippen LogP contribution in [-0.4, -0.2) is 18.5 Å². The van der Waals surface area contributed by atoms with E-state index in [1.165, 1.54) is 25.7 Å². The Balaban J connectivity index is 2.04. The molecule has 1 rings (SSSR count). The smallest absolute Gasteiger partial charge is 0.163 e. The fraction of sp³-hybridized carbons (Fsp3) is 1.00. The third-order valence-corrected chi connectivity index (χ3v) is 2.45. The molecule has 1 atom stereocenters. The summed E-state index contributed by atoms with van der Waals surface area (Å²) in [6, 6.07) is 0. The summed E-state index contributed by atoms with van der Waals surface area (Å²) in [6.45, 7) is 6.98. The van der Waals surface area contributed by atoms with Gasteiger partial charge in [-0.05, 0) is 20.3 Å². The molecule has 1 aliphatic rings. The average Bonchev–Trinajstić information content (AvgIpc) is 2.40. The van der Waals surface area contributed by atoms with E-state index in [9.17, 15) is 0 Å². The van der Waals surface area contributed by atoms with Crippen LogP contribution in [0.4, 0.5) is 0 Å². The van der Waals surface area contributed by atoms with Crippen molar-refractivity contribution in [2.45, 2.75) is 64.8 Å². The second kappa shape index (κ2) is 4.97. The Hall–Kier alpha value is -0.0800.